The number of benzene rings is 4. The Balaban J connectivity index is 1.48. The summed E-state index contributed by atoms with van der Waals surface area (Å²) >= 11 is 2.33. The minimum absolute atomic E-state index is 0.0183. The van der Waals surface area contributed by atoms with Crippen LogP contribution >= 0.6 is 23.5 Å². The Labute approximate surface area is 352 Å². The van der Waals surface area contributed by atoms with E-state index in [1.54, 1.807) is 48.5 Å². The normalized spacial score (nSPS) is 11.8. The van der Waals surface area contributed by atoms with Crippen molar-refractivity contribution in [1.29, 1.82) is 0 Å². The fraction of sp³-hybridized carbons (Fsp3) is 0.289. The van der Waals surface area contributed by atoms with E-state index in [9.17, 15) is 45.5 Å². The van der Waals surface area contributed by atoms with Crippen LogP contribution in [0.2, 0.25) is 0 Å². The molecule has 0 saturated heterocycles. The summed E-state index contributed by atoms with van der Waals surface area (Å²) in [4.78, 5) is 62.8. The molecular weight excluding hydrogens is 825 g/mol. The lowest BCUT2D eigenvalue weighted by Gasteiger charge is -2.18. The van der Waals surface area contributed by atoms with Crippen molar-refractivity contribution >= 4 is 46.7 Å². The van der Waals surface area contributed by atoms with Crippen LogP contribution in [0, 0.1) is 13.8 Å². The van der Waals surface area contributed by atoms with Crippen molar-refractivity contribution in [2.24, 2.45) is 5.73 Å². The fourth-order valence-corrected chi connectivity index (χ4v) is 8.31. The lowest BCUT2D eigenvalue weighted by atomic mass is 9.95. The van der Waals surface area contributed by atoms with Gasteiger partial charge in [0.1, 0.15) is 17.7 Å². The molecule has 2 N–H and O–H groups in total. The number of ketones is 4. The van der Waals surface area contributed by atoms with Crippen LogP contribution in [-0.4, -0.2) is 51.2 Å². The highest BCUT2D eigenvalue weighted by molar-refractivity contribution is 7.99. The predicted molar refractivity (Wildman–Crippen MR) is 220 cm³/mol. The number of nitrogens with two attached hydrogens (primary N) is 1. The van der Waals surface area contributed by atoms with Gasteiger partial charge in [-0.25, -0.2) is 9.97 Å². The maximum Gasteiger partial charge on any atom is 0.416 e. The summed E-state index contributed by atoms with van der Waals surface area (Å²) in [5.41, 5.74) is 5.60. The summed E-state index contributed by atoms with van der Waals surface area (Å²) in [5, 5.41) is 0. The smallest absolute Gasteiger partial charge is 0.330 e. The molecule has 5 aromatic rings. The molecule has 0 radical (unpaired) electrons. The second-order valence-electron chi connectivity index (χ2n) is 14.1. The zero-order valence-corrected chi connectivity index (χ0v) is 34.6. The van der Waals surface area contributed by atoms with Crippen LogP contribution < -0.4 is 5.73 Å². The van der Waals surface area contributed by atoms with Crippen LogP contribution in [0.25, 0.3) is 0 Å². The van der Waals surface area contributed by atoms with Gasteiger partial charge in [0.2, 0.25) is 0 Å². The standard InChI is InChI=1S/C45H41F6N3O4S2/c1-4-14-59-42-30(20-38(55)28-9-5-26(2)6-10-28)16-34(44(46,47)48)18-32(42)22-40(57)36-24-37(54-25-53-36)41(58)23-33-19-35(45(49,50)51)17-31(43(33)60-15-13-52)21-39(56)29-11-7-27(3)8-12-29/h5-12,16-19,24-25H,4,13-15,20-23,52H2,1-3H3. The summed E-state index contributed by atoms with van der Waals surface area (Å²) in [6.45, 7) is 5.70. The molecule has 0 unspecified atom stereocenters. The van der Waals surface area contributed by atoms with Crippen LogP contribution in [-0.2, 0) is 38.0 Å². The van der Waals surface area contributed by atoms with Crippen molar-refractivity contribution in [1.82, 2.24) is 9.97 Å². The Morgan fingerprint density at radius 2 is 0.900 bits per heavy atom. The summed E-state index contributed by atoms with van der Waals surface area (Å²) in [5.74, 6) is -1.61. The van der Waals surface area contributed by atoms with Crippen LogP contribution in [0.5, 0.6) is 0 Å². The molecule has 60 heavy (non-hydrogen) atoms. The van der Waals surface area contributed by atoms with Crippen molar-refractivity contribution in [3.8, 4) is 0 Å². The first kappa shape index (κ1) is 46.0. The van der Waals surface area contributed by atoms with Gasteiger partial charge in [-0.1, -0.05) is 66.6 Å². The van der Waals surface area contributed by atoms with E-state index in [1.165, 1.54) is 11.8 Å². The van der Waals surface area contributed by atoms with Gasteiger partial charge >= 0.3 is 12.4 Å². The third kappa shape index (κ3) is 12.0. The van der Waals surface area contributed by atoms with Gasteiger partial charge in [0.25, 0.3) is 0 Å². The lowest BCUT2D eigenvalue weighted by molar-refractivity contribution is -0.138. The molecule has 0 amide bonds. The van der Waals surface area contributed by atoms with Crippen LogP contribution in [0.4, 0.5) is 26.3 Å². The van der Waals surface area contributed by atoms with Crippen molar-refractivity contribution < 1.29 is 45.5 Å². The van der Waals surface area contributed by atoms with E-state index in [1.807, 2.05) is 20.8 Å². The topological polar surface area (TPSA) is 120 Å². The van der Waals surface area contributed by atoms with E-state index < -0.39 is 59.5 Å². The summed E-state index contributed by atoms with van der Waals surface area (Å²) in [6, 6.07) is 17.8. The monoisotopic (exact) mass is 865 g/mol. The number of halogens is 6. The summed E-state index contributed by atoms with van der Waals surface area (Å²) < 4.78 is 85.5. The first-order chi connectivity index (χ1) is 28.4. The molecular formula is C45H41F6N3O4S2. The molecule has 0 aliphatic heterocycles. The van der Waals surface area contributed by atoms with Gasteiger partial charge < -0.3 is 5.73 Å². The van der Waals surface area contributed by atoms with E-state index in [0.717, 1.165) is 59.5 Å². The Bertz CT molecular complexity index is 2220. The number of carbonyl (C=O) groups is 4. The van der Waals surface area contributed by atoms with Crippen molar-refractivity contribution in [3.05, 3.63) is 152 Å². The first-order valence-electron chi connectivity index (χ1n) is 18.9. The molecule has 15 heteroatoms. The fourth-order valence-electron chi connectivity index (χ4n) is 6.32. The SMILES string of the molecule is CCCSc1c(CC(=O)c2ccc(C)cc2)cc(C(F)(F)F)cc1CC(=O)c1cc(C(=O)Cc2cc(C(F)(F)F)cc(CC(=O)c3ccc(C)cc3)c2SCCN)ncn1. The van der Waals surface area contributed by atoms with Crippen molar-refractivity contribution in [3.63, 3.8) is 0 Å². The second kappa shape index (κ2) is 20.0. The molecule has 0 aliphatic carbocycles. The van der Waals surface area contributed by atoms with Gasteiger partial charge in [0.05, 0.1) is 11.1 Å². The number of carbonyl (C=O) groups excluding carboxylic acids is 4. The first-order valence-corrected chi connectivity index (χ1v) is 20.8. The molecule has 314 valence electrons. The molecule has 0 bridgehead atoms. The van der Waals surface area contributed by atoms with Gasteiger partial charge in [-0.3, -0.25) is 19.2 Å². The molecule has 1 heterocycles. The zero-order valence-electron chi connectivity index (χ0n) is 32.9. The van der Waals surface area contributed by atoms with E-state index in [-0.39, 0.29) is 63.7 Å². The molecule has 4 aromatic carbocycles. The minimum atomic E-state index is -4.82. The van der Waals surface area contributed by atoms with Crippen LogP contribution in [0.3, 0.4) is 0 Å². The van der Waals surface area contributed by atoms with Gasteiger partial charge in [-0.15, -0.1) is 23.5 Å². The molecule has 0 spiro atoms. The molecule has 0 aliphatic rings. The average Bonchev–Trinajstić information content (AvgIpc) is 3.19. The number of rotatable bonds is 18. The van der Waals surface area contributed by atoms with Gasteiger partial charge in [0, 0.05) is 58.9 Å². The van der Waals surface area contributed by atoms with Crippen molar-refractivity contribution in [2.45, 2.75) is 75.0 Å². The Morgan fingerprint density at radius 1 is 0.550 bits per heavy atom. The highest BCUT2D eigenvalue weighted by Gasteiger charge is 2.34. The lowest BCUT2D eigenvalue weighted by Crippen LogP contribution is -2.16. The van der Waals surface area contributed by atoms with Gasteiger partial charge in [-0.2, -0.15) is 26.3 Å². The number of aromatic nitrogens is 2. The van der Waals surface area contributed by atoms with E-state index >= 15 is 0 Å². The number of aryl methyl sites for hydroxylation is 2. The van der Waals surface area contributed by atoms with E-state index in [0.29, 0.717) is 28.2 Å². The second-order valence-corrected chi connectivity index (χ2v) is 16.4. The summed E-state index contributed by atoms with van der Waals surface area (Å²) in [6.07, 6.45) is -9.97. The quantitative estimate of drug-likeness (QED) is 0.0521. The number of nitrogens with zero attached hydrogens (tertiary/aromatic N) is 2. The average molecular weight is 866 g/mol. The molecule has 5 rings (SSSR count). The predicted octanol–water partition coefficient (Wildman–Crippen LogP) is 10.4. The van der Waals surface area contributed by atoms with Gasteiger partial charge in [-0.05, 0) is 78.6 Å². The Hall–Kier alpha value is -5.12. The van der Waals surface area contributed by atoms with Gasteiger partial charge in [0.15, 0.2) is 23.1 Å². The minimum Gasteiger partial charge on any atom is -0.330 e. The molecule has 0 fully saturated rings. The maximum absolute atomic E-state index is 14.3. The number of Topliss-reactive ketones (excluding diaryl/α,β-unsaturated/α-hetero) is 4. The summed E-state index contributed by atoms with van der Waals surface area (Å²) in [7, 11) is 0. The zero-order chi connectivity index (χ0) is 43.8. The molecule has 0 atom stereocenters. The third-order valence-electron chi connectivity index (χ3n) is 9.34. The Morgan fingerprint density at radius 3 is 1.23 bits per heavy atom. The number of alkyl halides is 6. The third-order valence-corrected chi connectivity index (χ3v) is 12.0. The molecule has 7 nitrogen and oxygen atoms in total. The maximum atomic E-state index is 14.3. The Kier molecular flexibility index (Phi) is 15.3. The molecule has 1 aromatic heterocycles. The van der Waals surface area contributed by atoms with Crippen LogP contribution in [0.15, 0.2) is 95.0 Å². The highest BCUT2D eigenvalue weighted by atomic mass is 32.2. The number of hydrogen-bond donors (Lipinski definition) is 1. The van der Waals surface area contributed by atoms with Crippen LogP contribution in [0.1, 0.15) is 99.5 Å². The molecule has 0 saturated carbocycles. The number of thioether (sulfide) groups is 2. The largest absolute Gasteiger partial charge is 0.416 e. The highest BCUT2D eigenvalue weighted by Crippen LogP contribution is 2.39. The van der Waals surface area contributed by atoms with E-state index in [4.69, 9.17) is 5.73 Å². The number of hydrogen-bond acceptors (Lipinski definition) is 9. The van der Waals surface area contributed by atoms with E-state index in [2.05, 4.69) is 9.97 Å². The van der Waals surface area contributed by atoms with Crippen molar-refractivity contribution in [2.75, 3.05) is 18.1 Å².